The molecule has 4 nitrogen and oxygen atoms in total. The van der Waals surface area contributed by atoms with E-state index in [1.54, 1.807) is 6.92 Å². The van der Waals surface area contributed by atoms with Crippen molar-refractivity contribution >= 4 is 11.5 Å². The molecule has 1 atom stereocenters. The van der Waals surface area contributed by atoms with Crippen LogP contribution in [0, 0.1) is 0 Å². The summed E-state index contributed by atoms with van der Waals surface area (Å²) in [5.74, 6) is 0.971. The summed E-state index contributed by atoms with van der Waals surface area (Å²) in [6, 6.07) is 5.80. The average molecular weight is 262 g/mol. The topological polar surface area (TPSA) is 55.6 Å². The second-order valence-corrected chi connectivity index (χ2v) is 5.78. The number of fused-ring (bicyclic) bond motifs is 1. The maximum absolute atomic E-state index is 11.7. The first-order valence-electron chi connectivity index (χ1n) is 6.63. The van der Waals surface area contributed by atoms with Crippen LogP contribution in [0.2, 0.25) is 0 Å². The average Bonchev–Trinajstić information content (AvgIpc) is 2.34. The highest BCUT2D eigenvalue weighted by molar-refractivity contribution is 5.85. The van der Waals surface area contributed by atoms with Gasteiger partial charge in [0.2, 0.25) is 0 Å². The zero-order valence-corrected chi connectivity index (χ0v) is 12.1. The highest BCUT2D eigenvalue weighted by Gasteiger charge is 2.35. The Morgan fingerprint density at radius 3 is 2.79 bits per heavy atom. The lowest BCUT2D eigenvalue weighted by Crippen LogP contribution is -2.52. The van der Waals surface area contributed by atoms with E-state index in [1.165, 1.54) is 0 Å². The number of rotatable bonds is 3. The van der Waals surface area contributed by atoms with Gasteiger partial charge < -0.3 is 15.4 Å². The Bertz CT molecular complexity index is 497. The minimum absolute atomic E-state index is 0.148. The zero-order chi connectivity index (χ0) is 14.2. The Morgan fingerprint density at radius 2 is 2.21 bits per heavy atom. The first-order valence-corrected chi connectivity index (χ1v) is 6.63. The van der Waals surface area contributed by atoms with E-state index in [2.05, 4.69) is 4.90 Å². The number of hydrogen-bond acceptors (Lipinski definition) is 4. The molecule has 0 saturated carbocycles. The van der Waals surface area contributed by atoms with Gasteiger partial charge in [-0.25, -0.2) is 0 Å². The number of ketones is 1. The Labute approximate surface area is 114 Å². The largest absolute Gasteiger partial charge is 0.484 e. The van der Waals surface area contributed by atoms with Crippen LogP contribution in [0.25, 0.3) is 0 Å². The highest BCUT2D eigenvalue weighted by Crippen LogP contribution is 2.38. The van der Waals surface area contributed by atoms with Crippen LogP contribution in [0.15, 0.2) is 18.2 Å². The van der Waals surface area contributed by atoms with E-state index in [0.29, 0.717) is 13.1 Å². The molecule has 0 radical (unpaired) electrons. The third kappa shape index (κ3) is 2.73. The molecule has 0 aliphatic carbocycles. The van der Waals surface area contributed by atoms with Crippen molar-refractivity contribution in [3.05, 3.63) is 23.8 Å². The number of carbonyl (C=O) groups is 1. The predicted octanol–water partition coefficient (Wildman–Crippen LogP) is 2.10. The van der Waals surface area contributed by atoms with Crippen LogP contribution in [0.4, 0.5) is 5.69 Å². The number of hydrogen-bond donors (Lipinski definition) is 1. The van der Waals surface area contributed by atoms with Crippen molar-refractivity contribution in [2.45, 2.75) is 45.9 Å². The molecule has 1 aliphatic rings. The molecule has 1 unspecified atom stereocenters. The number of benzene rings is 1. The maximum Gasteiger partial charge on any atom is 0.151 e. The Morgan fingerprint density at radius 1 is 1.53 bits per heavy atom. The molecule has 1 aromatic carbocycles. The van der Waals surface area contributed by atoms with Gasteiger partial charge in [-0.15, -0.1) is 0 Å². The summed E-state index contributed by atoms with van der Waals surface area (Å²) in [6.07, 6.45) is 0. The number of nitrogens with zero attached hydrogens (tertiary/aromatic N) is 1. The molecule has 0 aromatic heterocycles. The van der Waals surface area contributed by atoms with Crippen LogP contribution in [-0.4, -0.2) is 24.0 Å². The van der Waals surface area contributed by atoms with Gasteiger partial charge in [-0.3, -0.25) is 4.79 Å². The smallest absolute Gasteiger partial charge is 0.151 e. The standard InChI is InChI=1S/C15H22N2O2/c1-10(11(2)18)17-9-15(3,4)19-14-7-12(8-16)5-6-13(14)17/h5-7,10H,8-9,16H2,1-4H3. The van der Waals surface area contributed by atoms with Gasteiger partial charge in [0.25, 0.3) is 0 Å². The van der Waals surface area contributed by atoms with Crippen molar-refractivity contribution in [1.82, 2.24) is 0 Å². The van der Waals surface area contributed by atoms with Crippen LogP contribution < -0.4 is 15.4 Å². The number of nitrogens with two attached hydrogens (primary N) is 1. The van der Waals surface area contributed by atoms with Gasteiger partial charge in [0.15, 0.2) is 5.78 Å². The fourth-order valence-electron chi connectivity index (χ4n) is 2.39. The number of Topliss-reactive ketones (excluding diaryl/α,β-unsaturated/α-hetero) is 1. The van der Waals surface area contributed by atoms with E-state index in [4.69, 9.17) is 10.5 Å². The van der Waals surface area contributed by atoms with E-state index in [1.807, 2.05) is 39.0 Å². The lowest BCUT2D eigenvalue weighted by Gasteiger charge is -2.43. The second-order valence-electron chi connectivity index (χ2n) is 5.78. The third-order valence-corrected chi connectivity index (χ3v) is 3.56. The van der Waals surface area contributed by atoms with Gasteiger partial charge in [-0.1, -0.05) is 6.07 Å². The molecule has 0 bridgehead atoms. The van der Waals surface area contributed by atoms with Gasteiger partial charge in [-0.05, 0) is 45.4 Å². The minimum Gasteiger partial charge on any atom is -0.484 e. The molecular weight excluding hydrogens is 240 g/mol. The predicted molar refractivity (Wildman–Crippen MR) is 76.5 cm³/mol. The summed E-state index contributed by atoms with van der Waals surface area (Å²) in [4.78, 5) is 13.8. The molecule has 19 heavy (non-hydrogen) atoms. The van der Waals surface area contributed by atoms with Gasteiger partial charge in [0.05, 0.1) is 18.3 Å². The number of carbonyl (C=O) groups excluding carboxylic acids is 1. The molecule has 0 spiro atoms. The van der Waals surface area contributed by atoms with Crippen LogP contribution >= 0.6 is 0 Å². The summed E-state index contributed by atoms with van der Waals surface area (Å²) >= 11 is 0. The summed E-state index contributed by atoms with van der Waals surface area (Å²) in [6.45, 7) is 8.81. The molecule has 0 fully saturated rings. The Balaban J connectivity index is 2.46. The van der Waals surface area contributed by atoms with Crippen LogP contribution in [0.5, 0.6) is 5.75 Å². The zero-order valence-electron chi connectivity index (χ0n) is 12.1. The lowest BCUT2D eigenvalue weighted by molar-refractivity contribution is -0.118. The summed E-state index contributed by atoms with van der Waals surface area (Å²) in [7, 11) is 0. The van der Waals surface area contributed by atoms with Gasteiger partial charge in [0.1, 0.15) is 11.4 Å². The molecule has 104 valence electrons. The van der Waals surface area contributed by atoms with E-state index in [9.17, 15) is 4.79 Å². The van der Waals surface area contributed by atoms with E-state index < -0.39 is 0 Å². The Hall–Kier alpha value is -1.55. The van der Waals surface area contributed by atoms with Crippen molar-refractivity contribution in [3.63, 3.8) is 0 Å². The van der Waals surface area contributed by atoms with Crippen molar-refractivity contribution < 1.29 is 9.53 Å². The van der Waals surface area contributed by atoms with Crippen molar-refractivity contribution in [3.8, 4) is 5.75 Å². The van der Waals surface area contributed by atoms with Crippen molar-refractivity contribution in [2.75, 3.05) is 11.4 Å². The van der Waals surface area contributed by atoms with Gasteiger partial charge in [0, 0.05) is 6.54 Å². The van der Waals surface area contributed by atoms with Gasteiger partial charge >= 0.3 is 0 Å². The lowest BCUT2D eigenvalue weighted by atomic mass is 10.0. The highest BCUT2D eigenvalue weighted by atomic mass is 16.5. The first-order chi connectivity index (χ1) is 8.84. The monoisotopic (exact) mass is 262 g/mol. The molecule has 1 heterocycles. The van der Waals surface area contributed by atoms with Crippen molar-refractivity contribution in [1.29, 1.82) is 0 Å². The molecule has 0 amide bonds. The van der Waals surface area contributed by atoms with E-state index in [-0.39, 0.29) is 17.4 Å². The van der Waals surface area contributed by atoms with E-state index >= 15 is 0 Å². The molecule has 1 aromatic rings. The minimum atomic E-state index is -0.316. The molecular formula is C15H22N2O2. The fraction of sp³-hybridized carbons (Fsp3) is 0.533. The molecule has 0 saturated heterocycles. The molecule has 2 rings (SSSR count). The SMILES string of the molecule is CC(=O)C(C)N1CC(C)(C)Oc2cc(CN)ccc21. The summed E-state index contributed by atoms with van der Waals surface area (Å²) < 4.78 is 6.01. The maximum atomic E-state index is 11.7. The molecule has 4 heteroatoms. The fourth-order valence-corrected chi connectivity index (χ4v) is 2.39. The van der Waals surface area contributed by atoms with Crippen molar-refractivity contribution in [2.24, 2.45) is 5.73 Å². The Kier molecular flexibility index (Phi) is 3.54. The van der Waals surface area contributed by atoms with Crippen LogP contribution in [0.1, 0.15) is 33.3 Å². The van der Waals surface area contributed by atoms with Gasteiger partial charge in [-0.2, -0.15) is 0 Å². The second kappa shape index (κ2) is 4.85. The quantitative estimate of drug-likeness (QED) is 0.906. The number of anilines is 1. The normalized spacial score (nSPS) is 18.5. The number of ether oxygens (including phenoxy) is 1. The first kappa shape index (κ1) is 13.9. The third-order valence-electron chi connectivity index (χ3n) is 3.56. The van der Waals surface area contributed by atoms with Crippen LogP contribution in [0.3, 0.4) is 0 Å². The molecule has 2 N–H and O–H groups in total. The summed E-state index contributed by atoms with van der Waals surface area (Å²) in [5.41, 5.74) is 7.36. The molecule has 1 aliphatic heterocycles. The van der Waals surface area contributed by atoms with Crippen LogP contribution in [-0.2, 0) is 11.3 Å². The summed E-state index contributed by atoms with van der Waals surface area (Å²) in [5, 5.41) is 0. The van der Waals surface area contributed by atoms with E-state index in [0.717, 1.165) is 17.0 Å².